The van der Waals surface area contributed by atoms with Crippen LogP contribution in [0.25, 0.3) is 0 Å². The van der Waals surface area contributed by atoms with Gasteiger partial charge in [-0.15, -0.1) is 0 Å². The highest BCUT2D eigenvalue weighted by atomic mass is 16.3. The number of phenolic OH excluding ortho intramolecular Hbond substituents is 1. The Morgan fingerprint density at radius 2 is 2.25 bits per heavy atom. The Hall–Kier alpha value is -2.02. The Morgan fingerprint density at radius 3 is 3.00 bits per heavy atom. The highest BCUT2D eigenvalue weighted by Gasteiger charge is 2.21. The summed E-state index contributed by atoms with van der Waals surface area (Å²) in [6.07, 6.45) is 2.05. The van der Waals surface area contributed by atoms with Crippen molar-refractivity contribution in [1.82, 2.24) is 0 Å². The SMILES string of the molecule is N#CCN1C(=O)CCCc2ccc(O)cc21. The number of carbonyl (C=O) groups excluding carboxylic acids is 1. The highest BCUT2D eigenvalue weighted by Crippen LogP contribution is 2.29. The largest absolute Gasteiger partial charge is 0.508 e. The number of amides is 1. The molecule has 1 aromatic rings. The van der Waals surface area contributed by atoms with Gasteiger partial charge in [0.15, 0.2) is 0 Å². The number of benzene rings is 1. The maximum Gasteiger partial charge on any atom is 0.227 e. The van der Waals surface area contributed by atoms with Crippen LogP contribution in [0.15, 0.2) is 18.2 Å². The molecule has 1 N–H and O–H groups in total. The van der Waals surface area contributed by atoms with Crippen LogP contribution in [-0.4, -0.2) is 17.6 Å². The topological polar surface area (TPSA) is 64.3 Å². The predicted octanol–water partition coefficient (Wildman–Crippen LogP) is 1.59. The molecule has 0 aromatic heterocycles. The first kappa shape index (κ1) is 10.5. The summed E-state index contributed by atoms with van der Waals surface area (Å²) in [5.41, 5.74) is 1.68. The van der Waals surface area contributed by atoms with Gasteiger partial charge >= 0.3 is 0 Å². The number of anilines is 1. The van der Waals surface area contributed by atoms with Crippen molar-refractivity contribution >= 4 is 11.6 Å². The fourth-order valence-corrected chi connectivity index (χ4v) is 1.96. The molecule has 4 nitrogen and oxygen atoms in total. The van der Waals surface area contributed by atoms with E-state index in [4.69, 9.17) is 5.26 Å². The molecule has 1 aliphatic heterocycles. The van der Waals surface area contributed by atoms with Crippen molar-refractivity contribution in [1.29, 1.82) is 5.26 Å². The second kappa shape index (κ2) is 4.23. The van der Waals surface area contributed by atoms with Crippen LogP contribution in [0.2, 0.25) is 0 Å². The molecule has 0 radical (unpaired) electrons. The molecule has 2 rings (SSSR count). The van der Waals surface area contributed by atoms with Crippen LogP contribution in [0.3, 0.4) is 0 Å². The third kappa shape index (κ3) is 1.84. The summed E-state index contributed by atoms with van der Waals surface area (Å²) < 4.78 is 0. The maximum absolute atomic E-state index is 11.8. The molecular weight excluding hydrogens is 204 g/mol. The van der Waals surface area contributed by atoms with Gasteiger partial charge in [0.2, 0.25) is 5.91 Å². The minimum Gasteiger partial charge on any atom is -0.508 e. The summed E-state index contributed by atoms with van der Waals surface area (Å²) in [7, 11) is 0. The van der Waals surface area contributed by atoms with Gasteiger partial charge in [-0.2, -0.15) is 5.26 Å². The molecule has 1 aromatic carbocycles. The summed E-state index contributed by atoms with van der Waals surface area (Å²) in [5, 5.41) is 18.1. The Bertz CT molecular complexity index is 463. The van der Waals surface area contributed by atoms with Gasteiger partial charge in [0.1, 0.15) is 12.3 Å². The molecule has 82 valence electrons. The van der Waals surface area contributed by atoms with Gasteiger partial charge in [0.25, 0.3) is 0 Å². The monoisotopic (exact) mass is 216 g/mol. The molecule has 0 aliphatic carbocycles. The molecule has 0 saturated heterocycles. The van der Waals surface area contributed by atoms with Crippen molar-refractivity contribution in [3.8, 4) is 11.8 Å². The number of rotatable bonds is 1. The van der Waals surface area contributed by atoms with Gasteiger partial charge < -0.3 is 5.11 Å². The molecule has 0 unspecified atom stereocenters. The summed E-state index contributed by atoms with van der Waals surface area (Å²) in [5.74, 6) is 0.0716. The first-order valence-electron chi connectivity index (χ1n) is 5.21. The van der Waals surface area contributed by atoms with Crippen molar-refractivity contribution in [2.75, 3.05) is 11.4 Å². The van der Waals surface area contributed by atoms with Crippen LogP contribution in [-0.2, 0) is 11.2 Å². The molecular formula is C12H12N2O2. The first-order valence-corrected chi connectivity index (χ1v) is 5.21. The molecule has 0 saturated carbocycles. The van der Waals surface area contributed by atoms with E-state index in [1.54, 1.807) is 12.1 Å². The van der Waals surface area contributed by atoms with Gasteiger partial charge in [0.05, 0.1) is 11.8 Å². The van der Waals surface area contributed by atoms with E-state index in [-0.39, 0.29) is 18.2 Å². The minimum atomic E-state index is -0.0501. The van der Waals surface area contributed by atoms with Gasteiger partial charge in [-0.05, 0) is 24.5 Å². The van der Waals surface area contributed by atoms with Gasteiger partial charge in [0, 0.05) is 12.5 Å². The van der Waals surface area contributed by atoms with E-state index in [1.807, 2.05) is 12.1 Å². The van der Waals surface area contributed by atoms with E-state index in [2.05, 4.69) is 0 Å². The van der Waals surface area contributed by atoms with Crippen molar-refractivity contribution < 1.29 is 9.90 Å². The van der Waals surface area contributed by atoms with Crippen LogP contribution in [0.5, 0.6) is 5.75 Å². The van der Waals surface area contributed by atoms with Gasteiger partial charge in [-0.1, -0.05) is 6.07 Å². The van der Waals surface area contributed by atoms with Crippen LogP contribution in [0.1, 0.15) is 18.4 Å². The third-order valence-corrected chi connectivity index (χ3v) is 2.73. The fourth-order valence-electron chi connectivity index (χ4n) is 1.96. The van der Waals surface area contributed by atoms with E-state index in [9.17, 15) is 9.90 Å². The summed E-state index contributed by atoms with van der Waals surface area (Å²) >= 11 is 0. The normalized spacial score (nSPS) is 15.2. The second-order valence-corrected chi connectivity index (χ2v) is 3.80. The quantitative estimate of drug-likeness (QED) is 0.725. The molecule has 16 heavy (non-hydrogen) atoms. The van der Waals surface area contributed by atoms with E-state index >= 15 is 0 Å². The van der Waals surface area contributed by atoms with Crippen LogP contribution >= 0.6 is 0 Å². The minimum absolute atomic E-state index is 0.0370. The number of hydrogen-bond acceptors (Lipinski definition) is 3. The zero-order valence-corrected chi connectivity index (χ0v) is 8.81. The Morgan fingerprint density at radius 1 is 1.44 bits per heavy atom. The number of aryl methyl sites for hydroxylation is 1. The van der Waals surface area contributed by atoms with Crippen molar-refractivity contribution in [2.45, 2.75) is 19.3 Å². The zero-order valence-electron chi connectivity index (χ0n) is 8.81. The second-order valence-electron chi connectivity index (χ2n) is 3.80. The Kier molecular flexibility index (Phi) is 2.78. The van der Waals surface area contributed by atoms with Crippen molar-refractivity contribution in [3.05, 3.63) is 23.8 Å². The number of carbonyl (C=O) groups is 1. The average Bonchev–Trinajstić information content (AvgIpc) is 2.41. The molecule has 1 heterocycles. The standard InChI is InChI=1S/C12H12N2O2/c13-6-7-14-11-8-10(15)5-4-9(11)2-1-3-12(14)16/h4-5,8,15H,1-3,7H2. The Labute approximate surface area is 93.7 Å². The third-order valence-electron chi connectivity index (χ3n) is 2.73. The number of nitriles is 1. The molecule has 0 spiro atoms. The van der Waals surface area contributed by atoms with Crippen molar-refractivity contribution in [2.24, 2.45) is 0 Å². The number of aromatic hydroxyl groups is 1. The molecule has 0 atom stereocenters. The zero-order chi connectivity index (χ0) is 11.5. The number of fused-ring (bicyclic) bond motifs is 1. The lowest BCUT2D eigenvalue weighted by Crippen LogP contribution is -2.30. The fraction of sp³-hybridized carbons (Fsp3) is 0.333. The molecule has 4 heteroatoms. The highest BCUT2D eigenvalue weighted by molar-refractivity contribution is 5.95. The van der Waals surface area contributed by atoms with Crippen LogP contribution in [0.4, 0.5) is 5.69 Å². The van der Waals surface area contributed by atoms with E-state index in [0.29, 0.717) is 12.1 Å². The summed E-state index contributed by atoms with van der Waals surface area (Å²) in [4.78, 5) is 13.2. The van der Waals surface area contributed by atoms with Crippen LogP contribution in [0, 0.1) is 11.3 Å². The number of hydrogen-bond donors (Lipinski definition) is 1. The first-order chi connectivity index (χ1) is 7.72. The smallest absolute Gasteiger partial charge is 0.227 e. The number of nitrogens with zero attached hydrogens (tertiary/aromatic N) is 2. The van der Waals surface area contributed by atoms with Gasteiger partial charge in [-0.25, -0.2) is 0 Å². The lowest BCUT2D eigenvalue weighted by Gasteiger charge is -2.19. The van der Waals surface area contributed by atoms with Crippen LogP contribution < -0.4 is 4.90 Å². The van der Waals surface area contributed by atoms with E-state index < -0.39 is 0 Å². The van der Waals surface area contributed by atoms with Gasteiger partial charge in [-0.3, -0.25) is 9.69 Å². The average molecular weight is 216 g/mol. The molecule has 0 fully saturated rings. The lowest BCUT2D eigenvalue weighted by atomic mass is 10.1. The molecule has 1 aliphatic rings. The molecule has 0 bridgehead atoms. The summed E-state index contributed by atoms with van der Waals surface area (Å²) in [6.45, 7) is 0.0370. The molecule has 1 amide bonds. The maximum atomic E-state index is 11.8. The predicted molar refractivity (Wildman–Crippen MR) is 59.0 cm³/mol. The summed E-state index contributed by atoms with van der Waals surface area (Å²) in [6, 6.07) is 6.95. The van der Waals surface area contributed by atoms with E-state index in [0.717, 1.165) is 18.4 Å². The lowest BCUT2D eigenvalue weighted by molar-refractivity contribution is -0.118. The van der Waals surface area contributed by atoms with E-state index in [1.165, 1.54) is 4.90 Å². The number of phenols is 1. The van der Waals surface area contributed by atoms with Crippen molar-refractivity contribution in [3.63, 3.8) is 0 Å². The Balaban J connectivity index is 2.48.